The minimum absolute atomic E-state index is 0.0492. The van der Waals surface area contributed by atoms with Crippen molar-refractivity contribution in [2.75, 3.05) is 31.1 Å². The van der Waals surface area contributed by atoms with Gasteiger partial charge < -0.3 is 20.4 Å². The van der Waals surface area contributed by atoms with E-state index in [0.717, 1.165) is 63.6 Å². The molecule has 2 N–H and O–H groups in total. The highest BCUT2D eigenvalue weighted by Gasteiger charge is 2.29. The fourth-order valence-electron chi connectivity index (χ4n) is 5.22. The molecule has 0 bridgehead atoms. The van der Waals surface area contributed by atoms with Gasteiger partial charge in [-0.2, -0.15) is 0 Å². The molecule has 32 heavy (non-hydrogen) atoms. The van der Waals surface area contributed by atoms with E-state index in [4.69, 9.17) is 0 Å². The van der Waals surface area contributed by atoms with Crippen molar-refractivity contribution in [2.24, 2.45) is 5.92 Å². The molecule has 3 aliphatic rings. The summed E-state index contributed by atoms with van der Waals surface area (Å²) in [6.45, 7) is 3.11. The topological polar surface area (TPSA) is 81.8 Å². The van der Waals surface area contributed by atoms with Gasteiger partial charge in [0, 0.05) is 55.4 Å². The second-order valence-corrected chi connectivity index (χ2v) is 9.53. The number of benzene rings is 1. The number of urea groups is 1. The number of rotatable bonds is 5. The van der Waals surface area contributed by atoms with Crippen LogP contribution in [0.5, 0.6) is 0 Å². The Labute approximate surface area is 190 Å². The summed E-state index contributed by atoms with van der Waals surface area (Å²) in [6.07, 6.45) is 10.1. The van der Waals surface area contributed by atoms with Gasteiger partial charge in [-0.3, -0.25) is 9.59 Å². The maximum absolute atomic E-state index is 12.8. The number of aldehydes is 1. The maximum Gasteiger partial charge on any atom is 0.317 e. The van der Waals surface area contributed by atoms with Crippen LogP contribution in [0.4, 0.5) is 10.5 Å². The van der Waals surface area contributed by atoms with E-state index in [0.29, 0.717) is 24.7 Å². The molecule has 0 unspecified atom stereocenters. The normalized spacial score (nSPS) is 21.2. The summed E-state index contributed by atoms with van der Waals surface area (Å²) in [7, 11) is 0. The van der Waals surface area contributed by atoms with Crippen LogP contribution in [0.2, 0.25) is 0 Å². The fourth-order valence-corrected chi connectivity index (χ4v) is 5.22. The first-order valence-corrected chi connectivity index (χ1v) is 12.3. The van der Waals surface area contributed by atoms with Crippen LogP contribution in [0.25, 0.3) is 0 Å². The lowest BCUT2D eigenvalue weighted by Crippen LogP contribution is -2.52. The predicted molar refractivity (Wildman–Crippen MR) is 125 cm³/mol. The molecule has 1 aliphatic carbocycles. The third-order valence-electron chi connectivity index (χ3n) is 7.32. The van der Waals surface area contributed by atoms with E-state index in [1.807, 2.05) is 29.2 Å². The second kappa shape index (κ2) is 10.8. The van der Waals surface area contributed by atoms with Crippen LogP contribution in [-0.2, 0) is 4.79 Å². The molecule has 7 nitrogen and oxygen atoms in total. The molecule has 0 radical (unpaired) electrons. The van der Waals surface area contributed by atoms with Crippen LogP contribution >= 0.6 is 0 Å². The lowest BCUT2D eigenvalue weighted by Gasteiger charge is -2.36. The molecule has 174 valence electrons. The van der Waals surface area contributed by atoms with Crippen LogP contribution in [0.15, 0.2) is 24.3 Å². The molecule has 3 fully saturated rings. The lowest BCUT2D eigenvalue weighted by molar-refractivity contribution is -0.126. The third kappa shape index (κ3) is 5.81. The van der Waals surface area contributed by atoms with Crippen molar-refractivity contribution < 1.29 is 14.4 Å². The maximum atomic E-state index is 12.8. The number of carbonyl (C=O) groups is 3. The third-order valence-corrected chi connectivity index (χ3v) is 7.32. The predicted octanol–water partition coefficient (Wildman–Crippen LogP) is 3.34. The summed E-state index contributed by atoms with van der Waals surface area (Å²) in [6, 6.07) is 8.18. The standard InChI is InChI=1S/C25H36N4O3/c30-18-19-6-8-23(9-7-19)28-14-10-20(11-15-28)24(31)26-22-12-16-29(17-13-22)25(32)27-21-4-2-1-3-5-21/h6-9,18,20-22H,1-5,10-17H2,(H,26,31)(H,27,32). The Hall–Kier alpha value is -2.57. The number of likely N-dealkylation sites (tertiary alicyclic amines) is 1. The Morgan fingerprint density at radius 3 is 2.03 bits per heavy atom. The smallest absolute Gasteiger partial charge is 0.317 e. The van der Waals surface area contributed by atoms with Gasteiger partial charge in [0.25, 0.3) is 0 Å². The fraction of sp³-hybridized carbons (Fsp3) is 0.640. The molecule has 2 saturated heterocycles. The monoisotopic (exact) mass is 440 g/mol. The van der Waals surface area contributed by atoms with E-state index in [2.05, 4.69) is 15.5 Å². The van der Waals surface area contributed by atoms with Crippen molar-refractivity contribution in [1.82, 2.24) is 15.5 Å². The summed E-state index contributed by atoms with van der Waals surface area (Å²) >= 11 is 0. The Bertz CT molecular complexity index is 775. The molecule has 0 aromatic heterocycles. The average molecular weight is 441 g/mol. The highest BCUT2D eigenvalue weighted by atomic mass is 16.2. The lowest BCUT2D eigenvalue weighted by atomic mass is 9.94. The summed E-state index contributed by atoms with van der Waals surface area (Å²) < 4.78 is 0. The average Bonchev–Trinajstić information content (AvgIpc) is 2.85. The van der Waals surface area contributed by atoms with Crippen molar-refractivity contribution in [3.8, 4) is 0 Å². The number of anilines is 1. The molecule has 4 rings (SSSR count). The highest BCUT2D eigenvalue weighted by molar-refractivity contribution is 5.79. The molecule has 0 atom stereocenters. The Morgan fingerprint density at radius 2 is 1.41 bits per heavy atom. The first-order chi connectivity index (χ1) is 15.6. The molecule has 1 aromatic rings. The van der Waals surface area contributed by atoms with Gasteiger partial charge in [0.2, 0.25) is 5.91 Å². The number of hydrogen-bond donors (Lipinski definition) is 2. The van der Waals surface area contributed by atoms with Gasteiger partial charge in [0.05, 0.1) is 0 Å². The molecule has 7 heteroatoms. The van der Waals surface area contributed by atoms with Gasteiger partial charge in [0.15, 0.2) is 0 Å². The molecule has 1 aromatic carbocycles. The number of nitrogens with one attached hydrogen (secondary N) is 2. The Kier molecular flexibility index (Phi) is 7.66. The minimum atomic E-state index is 0.0492. The molecule has 3 amide bonds. The highest BCUT2D eigenvalue weighted by Crippen LogP contribution is 2.24. The zero-order valence-corrected chi connectivity index (χ0v) is 18.9. The summed E-state index contributed by atoms with van der Waals surface area (Å²) in [4.78, 5) is 40.4. The van der Waals surface area contributed by atoms with E-state index in [1.165, 1.54) is 19.3 Å². The van der Waals surface area contributed by atoms with Crippen LogP contribution in [0.1, 0.15) is 68.1 Å². The second-order valence-electron chi connectivity index (χ2n) is 9.53. The number of amides is 3. The summed E-state index contributed by atoms with van der Waals surface area (Å²) in [5, 5.41) is 6.44. The van der Waals surface area contributed by atoms with Crippen LogP contribution in [0, 0.1) is 5.92 Å². The van der Waals surface area contributed by atoms with Gasteiger partial charge in [-0.25, -0.2) is 4.79 Å². The molecule has 0 spiro atoms. The molecule has 2 aliphatic heterocycles. The first-order valence-electron chi connectivity index (χ1n) is 12.3. The van der Waals surface area contributed by atoms with Crippen molar-refractivity contribution in [3.63, 3.8) is 0 Å². The van der Waals surface area contributed by atoms with Crippen LogP contribution in [-0.4, -0.2) is 61.4 Å². The Balaban J connectivity index is 1.16. The van der Waals surface area contributed by atoms with E-state index in [9.17, 15) is 14.4 Å². The molecular formula is C25H36N4O3. The largest absolute Gasteiger partial charge is 0.371 e. The summed E-state index contributed by atoms with van der Waals surface area (Å²) in [5.74, 6) is 0.208. The van der Waals surface area contributed by atoms with Crippen LogP contribution < -0.4 is 15.5 Å². The van der Waals surface area contributed by atoms with E-state index in [-0.39, 0.29) is 23.9 Å². The molecular weight excluding hydrogens is 404 g/mol. The Morgan fingerprint density at radius 1 is 0.781 bits per heavy atom. The van der Waals surface area contributed by atoms with Crippen molar-refractivity contribution in [1.29, 1.82) is 0 Å². The van der Waals surface area contributed by atoms with Crippen molar-refractivity contribution in [2.45, 2.75) is 69.9 Å². The van der Waals surface area contributed by atoms with Crippen molar-refractivity contribution in [3.05, 3.63) is 29.8 Å². The summed E-state index contributed by atoms with van der Waals surface area (Å²) in [5.41, 5.74) is 1.79. The van der Waals surface area contributed by atoms with E-state index >= 15 is 0 Å². The van der Waals surface area contributed by atoms with Crippen LogP contribution in [0.3, 0.4) is 0 Å². The van der Waals surface area contributed by atoms with Gasteiger partial charge in [-0.15, -0.1) is 0 Å². The molecule has 1 saturated carbocycles. The first kappa shape index (κ1) is 22.6. The van der Waals surface area contributed by atoms with Gasteiger partial charge >= 0.3 is 6.03 Å². The SMILES string of the molecule is O=Cc1ccc(N2CCC(C(=O)NC3CCN(C(=O)NC4CCCCC4)CC3)CC2)cc1. The van der Waals surface area contributed by atoms with Gasteiger partial charge in [-0.1, -0.05) is 19.3 Å². The number of hydrogen-bond acceptors (Lipinski definition) is 4. The van der Waals surface area contributed by atoms with Gasteiger partial charge in [-0.05, 0) is 62.8 Å². The van der Waals surface area contributed by atoms with E-state index in [1.54, 1.807) is 0 Å². The zero-order chi connectivity index (χ0) is 22.3. The number of carbonyl (C=O) groups excluding carboxylic acids is 3. The number of nitrogens with zero attached hydrogens (tertiary/aromatic N) is 2. The minimum Gasteiger partial charge on any atom is -0.371 e. The van der Waals surface area contributed by atoms with E-state index < -0.39 is 0 Å². The number of piperidine rings is 2. The molecule has 2 heterocycles. The van der Waals surface area contributed by atoms with Crippen molar-refractivity contribution >= 4 is 23.9 Å². The quantitative estimate of drug-likeness (QED) is 0.688. The van der Waals surface area contributed by atoms with Gasteiger partial charge in [0.1, 0.15) is 6.29 Å². The zero-order valence-electron chi connectivity index (χ0n) is 18.9.